The first kappa shape index (κ1) is 22.9. The molecule has 0 saturated carbocycles. The van der Waals surface area contributed by atoms with E-state index in [1.54, 1.807) is 0 Å². The van der Waals surface area contributed by atoms with Crippen molar-refractivity contribution >= 4 is 17.5 Å². The Morgan fingerprint density at radius 1 is 0.848 bits per heavy atom. The number of rotatable bonds is 6. The molecule has 170 valence electrons. The summed E-state index contributed by atoms with van der Waals surface area (Å²) in [5, 5.41) is 0. The van der Waals surface area contributed by atoms with Crippen molar-refractivity contribution < 1.29 is 14.3 Å². The molecule has 1 heterocycles. The number of para-hydroxylation sites is 1. The van der Waals surface area contributed by atoms with Gasteiger partial charge in [0.1, 0.15) is 6.04 Å². The second kappa shape index (κ2) is 10.6. The van der Waals surface area contributed by atoms with Crippen LogP contribution in [0.15, 0.2) is 78.9 Å². The molecule has 5 nitrogen and oxygen atoms in total. The largest absolute Gasteiger partial charge is 0.379 e. The summed E-state index contributed by atoms with van der Waals surface area (Å²) >= 11 is 0. The lowest BCUT2D eigenvalue weighted by Crippen LogP contribution is -2.49. The fraction of sp³-hybridized carbons (Fsp3) is 0.286. The van der Waals surface area contributed by atoms with Gasteiger partial charge in [-0.05, 0) is 36.1 Å². The number of carbonyl (C=O) groups is 2. The van der Waals surface area contributed by atoms with Gasteiger partial charge in [0.25, 0.3) is 5.91 Å². The van der Waals surface area contributed by atoms with E-state index in [-0.39, 0.29) is 18.2 Å². The first-order chi connectivity index (χ1) is 16.1. The van der Waals surface area contributed by atoms with Crippen LogP contribution in [0.25, 0.3) is 0 Å². The maximum Gasteiger partial charge on any atom is 0.255 e. The van der Waals surface area contributed by atoms with Gasteiger partial charge in [0.2, 0.25) is 5.91 Å². The van der Waals surface area contributed by atoms with E-state index in [2.05, 4.69) is 4.90 Å². The van der Waals surface area contributed by atoms with Gasteiger partial charge in [-0.2, -0.15) is 0 Å². The quantitative estimate of drug-likeness (QED) is 0.565. The van der Waals surface area contributed by atoms with Crippen LogP contribution in [0.2, 0.25) is 0 Å². The molecule has 1 aliphatic heterocycles. The zero-order chi connectivity index (χ0) is 23.2. The Morgan fingerprint density at radius 3 is 2.03 bits per heavy atom. The van der Waals surface area contributed by atoms with Crippen molar-refractivity contribution in [1.29, 1.82) is 0 Å². The molecule has 3 aromatic carbocycles. The third-order valence-corrected chi connectivity index (χ3v) is 6.09. The zero-order valence-electron chi connectivity index (χ0n) is 19.2. The van der Waals surface area contributed by atoms with Gasteiger partial charge < -0.3 is 4.74 Å². The van der Waals surface area contributed by atoms with E-state index in [0.717, 1.165) is 22.3 Å². The Labute approximate surface area is 195 Å². The number of benzene rings is 3. The standard InChI is InChI=1S/C28H30N2O3/c1-21-10-9-11-22(2)26(21)30(25(31)20-23-12-5-3-6-13-23)28(32)27(24-14-7-4-8-15-24)29-16-18-33-19-17-29/h3-15,27H,16-20H2,1-2H3/t27-/m1/s1. The maximum absolute atomic E-state index is 14.3. The molecule has 1 aliphatic rings. The summed E-state index contributed by atoms with van der Waals surface area (Å²) in [5.74, 6) is -0.445. The summed E-state index contributed by atoms with van der Waals surface area (Å²) in [5.41, 5.74) is 4.25. The summed E-state index contributed by atoms with van der Waals surface area (Å²) in [6.45, 7) is 6.31. The number of imide groups is 1. The van der Waals surface area contributed by atoms with Gasteiger partial charge >= 0.3 is 0 Å². The van der Waals surface area contributed by atoms with Crippen molar-refractivity contribution in [2.45, 2.75) is 26.3 Å². The Morgan fingerprint density at radius 2 is 1.42 bits per heavy atom. The number of anilines is 1. The molecular formula is C28H30N2O3. The number of hydrogen-bond donors (Lipinski definition) is 0. The molecular weight excluding hydrogens is 412 g/mol. The van der Waals surface area contributed by atoms with Crippen molar-refractivity contribution in [3.05, 3.63) is 101 Å². The second-order valence-corrected chi connectivity index (χ2v) is 8.43. The van der Waals surface area contributed by atoms with E-state index in [9.17, 15) is 9.59 Å². The molecule has 2 amide bonds. The number of carbonyl (C=O) groups excluding carboxylic acids is 2. The van der Waals surface area contributed by atoms with Crippen LogP contribution >= 0.6 is 0 Å². The van der Waals surface area contributed by atoms with Gasteiger partial charge in [-0.25, -0.2) is 4.90 Å². The van der Waals surface area contributed by atoms with Crippen molar-refractivity contribution in [3.8, 4) is 0 Å². The predicted molar refractivity (Wildman–Crippen MR) is 130 cm³/mol. The minimum absolute atomic E-state index is 0.158. The summed E-state index contributed by atoms with van der Waals surface area (Å²) in [4.78, 5) is 31.6. The molecule has 3 aromatic rings. The average Bonchev–Trinajstić information content (AvgIpc) is 2.83. The predicted octanol–water partition coefficient (Wildman–Crippen LogP) is 4.48. The number of nitrogens with zero attached hydrogens (tertiary/aromatic N) is 2. The molecule has 5 heteroatoms. The van der Waals surface area contributed by atoms with Crippen LogP contribution in [0.5, 0.6) is 0 Å². The maximum atomic E-state index is 14.3. The lowest BCUT2D eigenvalue weighted by Gasteiger charge is -2.37. The van der Waals surface area contributed by atoms with Crippen LogP contribution in [0, 0.1) is 13.8 Å². The van der Waals surface area contributed by atoms with E-state index < -0.39 is 6.04 Å². The van der Waals surface area contributed by atoms with Crippen molar-refractivity contribution in [2.24, 2.45) is 0 Å². The summed E-state index contributed by atoms with van der Waals surface area (Å²) < 4.78 is 5.54. The topological polar surface area (TPSA) is 49.9 Å². The van der Waals surface area contributed by atoms with Crippen LogP contribution < -0.4 is 4.90 Å². The minimum Gasteiger partial charge on any atom is -0.379 e. The van der Waals surface area contributed by atoms with Crippen molar-refractivity contribution in [1.82, 2.24) is 4.90 Å². The molecule has 0 spiro atoms. The number of hydrogen-bond acceptors (Lipinski definition) is 4. The van der Waals surface area contributed by atoms with Gasteiger partial charge in [0.05, 0.1) is 25.3 Å². The number of amides is 2. The first-order valence-electron chi connectivity index (χ1n) is 11.4. The highest BCUT2D eigenvalue weighted by molar-refractivity contribution is 6.18. The van der Waals surface area contributed by atoms with Gasteiger partial charge in [-0.3, -0.25) is 14.5 Å². The van der Waals surface area contributed by atoms with Gasteiger partial charge in [-0.15, -0.1) is 0 Å². The SMILES string of the molecule is Cc1cccc(C)c1N(C(=O)Cc1ccccc1)C(=O)[C@@H](c1ccccc1)N1CCOCC1. The number of ether oxygens (including phenoxy) is 1. The van der Waals surface area contributed by atoms with Gasteiger partial charge in [0.15, 0.2) is 0 Å². The molecule has 0 radical (unpaired) electrons. The average molecular weight is 443 g/mol. The van der Waals surface area contributed by atoms with Crippen LogP contribution in [-0.4, -0.2) is 43.0 Å². The third-order valence-electron chi connectivity index (χ3n) is 6.09. The molecule has 0 unspecified atom stereocenters. The molecule has 1 fully saturated rings. The van der Waals surface area contributed by atoms with Gasteiger partial charge in [0, 0.05) is 13.1 Å². The number of aryl methyl sites for hydroxylation is 2. The molecule has 0 N–H and O–H groups in total. The Kier molecular flexibility index (Phi) is 7.33. The molecule has 1 atom stereocenters. The fourth-order valence-corrected chi connectivity index (χ4v) is 4.47. The molecule has 0 aliphatic carbocycles. The monoisotopic (exact) mass is 442 g/mol. The summed E-state index contributed by atoms with van der Waals surface area (Å²) in [7, 11) is 0. The number of morpholine rings is 1. The summed E-state index contributed by atoms with van der Waals surface area (Å²) in [6, 6.07) is 24.6. The fourth-order valence-electron chi connectivity index (χ4n) is 4.47. The van der Waals surface area contributed by atoms with Crippen LogP contribution in [0.1, 0.15) is 28.3 Å². The van der Waals surface area contributed by atoms with E-state index in [0.29, 0.717) is 32.0 Å². The summed E-state index contributed by atoms with van der Waals surface area (Å²) in [6.07, 6.45) is 0.158. The molecule has 4 rings (SSSR count). The minimum atomic E-state index is -0.561. The Hall–Kier alpha value is -3.28. The van der Waals surface area contributed by atoms with Crippen LogP contribution in [-0.2, 0) is 20.7 Å². The van der Waals surface area contributed by atoms with E-state index >= 15 is 0 Å². The zero-order valence-corrected chi connectivity index (χ0v) is 19.2. The van der Waals surface area contributed by atoms with Crippen molar-refractivity contribution in [3.63, 3.8) is 0 Å². The van der Waals surface area contributed by atoms with Crippen molar-refractivity contribution in [2.75, 3.05) is 31.2 Å². The molecule has 0 aromatic heterocycles. The highest BCUT2D eigenvalue weighted by Gasteiger charge is 2.36. The molecule has 1 saturated heterocycles. The normalized spacial score (nSPS) is 15.1. The van der Waals surface area contributed by atoms with E-state index in [1.165, 1.54) is 4.90 Å². The first-order valence-corrected chi connectivity index (χ1v) is 11.4. The second-order valence-electron chi connectivity index (χ2n) is 8.43. The molecule has 33 heavy (non-hydrogen) atoms. The molecule has 0 bridgehead atoms. The Balaban J connectivity index is 1.78. The third kappa shape index (κ3) is 5.21. The van der Waals surface area contributed by atoms with E-state index in [4.69, 9.17) is 4.74 Å². The highest BCUT2D eigenvalue weighted by atomic mass is 16.5. The van der Waals surface area contributed by atoms with Crippen LogP contribution in [0.3, 0.4) is 0 Å². The smallest absolute Gasteiger partial charge is 0.255 e. The lowest BCUT2D eigenvalue weighted by molar-refractivity contribution is -0.131. The van der Waals surface area contributed by atoms with Crippen LogP contribution in [0.4, 0.5) is 5.69 Å². The van der Waals surface area contributed by atoms with E-state index in [1.807, 2.05) is 92.7 Å². The van der Waals surface area contributed by atoms with Gasteiger partial charge in [-0.1, -0.05) is 78.9 Å². The Bertz CT molecular complexity index is 1070. The highest BCUT2D eigenvalue weighted by Crippen LogP contribution is 2.31. The lowest BCUT2D eigenvalue weighted by atomic mass is 10.00.